The number of carbonyl (C=O) groups excluding carboxylic acids is 1. The Kier molecular flexibility index (Phi) is 4.96. The van der Waals surface area contributed by atoms with Gasteiger partial charge in [0.2, 0.25) is 0 Å². The summed E-state index contributed by atoms with van der Waals surface area (Å²) in [5.41, 5.74) is 2.01. The van der Waals surface area contributed by atoms with E-state index in [9.17, 15) is 4.79 Å². The molecule has 0 N–H and O–H groups in total. The highest BCUT2D eigenvalue weighted by atomic mass is 32.2. The second-order valence-electron chi connectivity index (χ2n) is 6.56. The Morgan fingerprint density at radius 2 is 2.04 bits per heavy atom. The van der Waals surface area contributed by atoms with Gasteiger partial charge in [0.05, 0.1) is 10.1 Å². The SMILES string of the molecule is CCc1ccc(C(=O)[C@H](C)Sc2nnc(-c3cccs3)n2C2CC2)cc1. The van der Waals surface area contributed by atoms with Crippen LogP contribution in [0.2, 0.25) is 0 Å². The van der Waals surface area contributed by atoms with E-state index in [1.54, 1.807) is 11.3 Å². The van der Waals surface area contributed by atoms with Crippen molar-refractivity contribution >= 4 is 28.9 Å². The highest BCUT2D eigenvalue weighted by molar-refractivity contribution is 8.00. The van der Waals surface area contributed by atoms with Crippen molar-refractivity contribution < 1.29 is 4.79 Å². The average molecular weight is 384 g/mol. The average Bonchev–Trinajstić information content (AvgIpc) is 3.19. The van der Waals surface area contributed by atoms with E-state index in [0.29, 0.717) is 6.04 Å². The predicted molar refractivity (Wildman–Crippen MR) is 107 cm³/mol. The standard InChI is InChI=1S/C20H21N3OS2/c1-3-14-6-8-15(9-7-14)18(24)13(2)26-20-22-21-19(17-5-4-12-25-17)23(20)16-10-11-16/h4-9,12-13,16H,3,10-11H2,1-2H3/t13-/m0/s1. The van der Waals surface area contributed by atoms with E-state index in [1.807, 2.05) is 37.3 Å². The van der Waals surface area contributed by atoms with Crippen molar-refractivity contribution in [3.8, 4) is 10.7 Å². The quantitative estimate of drug-likeness (QED) is 0.412. The number of benzene rings is 1. The van der Waals surface area contributed by atoms with Crippen LogP contribution in [0.25, 0.3) is 10.7 Å². The second kappa shape index (κ2) is 7.37. The minimum absolute atomic E-state index is 0.140. The molecule has 0 amide bonds. The lowest BCUT2D eigenvalue weighted by Gasteiger charge is -2.12. The summed E-state index contributed by atoms with van der Waals surface area (Å²) in [6.45, 7) is 4.07. The molecule has 4 rings (SSSR count). The molecule has 1 atom stereocenters. The zero-order chi connectivity index (χ0) is 18.1. The van der Waals surface area contributed by atoms with Crippen LogP contribution in [0.1, 0.15) is 48.7 Å². The van der Waals surface area contributed by atoms with Crippen molar-refractivity contribution in [2.75, 3.05) is 0 Å². The van der Waals surface area contributed by atoms with Crippen LogP contribution in [0.15, 0.2) is 46.9 Å². The molecule has 0 bridgehead atoms. The van der Waals surface area contributed by atoms with Gasteiger partial charge in [-0.25, -0.2) is 0 Å². The number of Topliss-reactive ketones (excluding diaryl/α,β-unsaturated/α-hetero) is 1. The second-order valence-corrected chi connectivity index (χ2v) is 8.82. The minimum Gasteiger partial charge on any atom is -0.298 e. The monoisotopic (exact) mass is 383 g/mol. The van der Waals surface area contributed by atoms with Gasteiger partial charge in [-0.15, -0.1) is 21.5 Å². The maximum atomic E-state index is 12.8. The molecule has 0 radical (unpaired) electrons. The topological polar surface area (TPSA) is 47.8 Å². The van der Waals surface area contributed by atoms with E-state index >= 15 is 0 Å². The molecule has 0 aliphatic heterocycles. The Bertz CT molecular complexity index is 896. The van der Waals surface area contributed by atoms with Crippen molar-refractivity contribution in [1.29, 1.82) is 0 Å². The molecule has 1 aromatic carbocycles. The number of thiophene rings is 1. The first-order valence-corrected chi connectivity index (χ1v) is 10.7. The molecule has 0 spiro atoms. The molecule has 4 nitrogen and oxygen atoms in total. The van der Waals surface area contributed by atoms with Gasteiger partial charge in [0.15, 0.2) is 16.8 Å². The third kappa shape index (κ3) is 3.48. The molecule has 1 fully saturated rings. The van der Waals surface area contributed by atoms with E-state index in [0.717, 1.165) is 40.7 Å². The van der Waals surface area contributed by atoms with Gasteiger partial charge in [-0.2, -0.15) is 0 Å². The zero-order valence-electron chi connectivity index (χ0n) is 14.9. The first-order valence-electron chi connectivity index (χ1n) is 8.96. The Morgan fingerprint density at radius 3 is 2.65 bits per heavy atom. The van der Waals surface area contributed by atoms with E-state index in [-0.39, 0.29) is 11.0 Å². The highest BCUT2D eigenvalue weighted by Gasteiger charge is 2.31. The molecule has 26 heavy (non-hydrogen) atoms. The highest BCUT2D eigenvalue weighted by Crippen LogP contribution is 2.42. The number of aryl methyl sites for hydroxylation is 1. The lowest BCUT2D eigenvalue weighted by molar-refractivity contribution is 0.0994. The Hall–Kier alpha value is -1.92. The Morgan fingerprint density at radius 1 is 1.27 bits per heavy atom. The fraction of sp³-hybridized carbons (Fsp3) is 0.350. The fourth-order valence-corrected chi connectivity index (χ4v) is 4.65. The number of thioether (sulfide) groups is 1. The fourth-order valence-electron chi connectivity index (χ4n) is 2.94. The van der Waals surface area contributed by atoms with Crippen molar-refractivity contribution in [2.45, 2.75) is 49.6 Å². The first kappa shape index (κ1) is 17.5. The van der Waals surface area contributed by atoms with Gasteiger partial charge >= 0.3 is 0 Å². The van der Waals surface area contributed by atoms with Crippen LogP contribution >= 0.6 is 23.1 Å². The van der Waals surface area contributed by atoms with Crippen LogP contribution in [-0.4, -0.2) is 25.8 Å². The Balaban J connectivity index is 1.55. The van der Waals surface area contributed by atoms with Gasteiger partial charge in [-0.1, -0.05) is 49.0 Å². The van der Waals surface area contributed by atoms with Gasteiger partial charge in [0.25, 0.3) is 0 Å². The molecule has 1 aliphatic carbocycles. The number of hydrogen-bond acceptors (Lipinski definition) is 5. The number of carbonyl (C=O) groups is 1. The molecular formula is C20H21N3OS2. The zero-order valence-corrected chi connectivity index (χ0v) is 16.5. The van der Waals surface area contributed by atoms with Crippen molar-refractivity contribution in [3.63, 3.8) is 0 Å². The van der Waals surface area contributed by atoms with Crippen LogP contribution in [0.3, 0.4) is 0 Å². The van der Waals surface area contributed by atoms with Crippen LogP contribution in [0, 0.1) is 0 Å². The summed E-state index contributed by atoms with van der Waals surface area (Å²) in [5.74, 6) is 1.07. The lowest BCUT2D eigenvalue weighted by Crippen LogP contribution is -2.14. The Labute approximate surface area is 161 Å². The van der Waals surface area contributed by atoms with Gasteiger partial charge in [0, 0.05) is 11.6 Å². The third-order valence-electron chi connectivity index (χ3n) is 4.62. The van der Waals surface area contributed by atoms with Crippen LogP contribution in [0.5, 0.6) is 0 Å². The van der Waals surface area contributed by atoms with Gasteiger partial charge in [0.1, 0.15) is 0 Å². The summed E-state index contributed by atoms with van der Waals surface area (Å²) in [7, 11) is 0. The summed E-state index contributed by atoms with van der Waals surface area (Å²) in [6, 6.07) is 12.5. The number of nitrogens with zero attached hydrogens (tertiary/aromatic N) is 3. The number of aromatic nitrogens is 3. The predicted octanol–water partition coefficient (Wildman–Crippen LogP) is 5.27. The molecule has 1 saturated carbocycles. The van der Waals surface area contributed by atoms with Gasteiger partial charge in [-0.3, -0.25) is 9.36 Å². The van der Waals surface area contributed by atoms with Crippen LogP contribution in [0.4, 0.5) is 0 Å². The van der Waals surface area contributed by atoms with E-state index in [1.165, 1.54) is 17.3 Å². The molecule has 2 heterocycles. The summed E-state index contributed by atoms with van der Waals surface area (Å²) >= 11 is 3.19. The van der Waals surface area contributed by atoms with Crippen molar-refractivity contribution in [1.82, 2.24) is 14.8 Å². The molecule has 2 aromatic heterocycles. The first-order chi connectivity index (χ1) is 12.7. The molecule has 0 unspecified atom stereocenters. The molecule has 134 valence electrons. The summed E-state index contributed by atoms with van der Waals surface area (Å²) < 4.78 is 2.22. The molecule has 1 aliphatic rings. The maximum Gasteiger partial charge on any atom is 0.192 e. The molecule has 0 saturated heterocycles. The minimum atomic E-state index is -0.194. The van der Waals surface area contributed by atoms with Gasteiger partial charge in [-0.05, 0) is 43.2 Å². The molecule has 3 aromatic rings. The number of hydrogen-bond donors (Lipinski definition) is 0. The number of rotatable bonds is 7. The largest absolute Gasteiger partial charge is 0.298 e. The smallest absolute Gasteiger partial charge is 0.192 e. The van der Waals surface area contributed by atoms with Crippen molar-refractivity contribution in [3.05, 3.63) is 52.9 Å². The van der Waals surface area contributed by atoms with Crippen LogP contribution < -0.4 is 0 Å². The van der Waals surface area contributed by atoms with E-state index in [4.69, 9.17) is 0 Å². The number of ketones is 1. The van der Waals surface area contributed by atoms with Crippen LogP contribution in [-0.2, 0) is 6.42 Å². The maximum absolute atomic E-state index is 12.8. The summed E-state index contributed by atoms with van der Waals surface area (Å²) in [4.78, 5) is 13.9. The lowest BCUT2D eigenvalue weighted by atomic mass is 10.1. The van der Waals surface area contributed by atoms with E-state index < -0.39 is 0 Å². The molecular weight excluding hydrogens is 362 g/mol. The summed E-state index contributed by atoms with van der Waals surface area (Å²) in [5, 5.41) is 11.5. The van der Waals surface area contributed by atoms with E-state index in [2.05, 4.69) is 33.1 Å². The normalized spacial score (nSPS) is 15.2. The van der Waals surface area contributed by atoms with Crippen molar-refractivity contribution in [2.24, 2.45) is 0 Å². The van der Waals surface area contributed by atoms with Gasteiger partial charge < -0.3 is 0 Å². The third-order valence-corrected chi connectivity index (χ3v) is 6.54. The molecule has 6 heteroatoms. The summed E-state index contributed by atoms with van der Waals surface area (Å²) in [6.07, 6.45) is 3.30.